The van der Waals surface area contributed by atoms with E-state index in [0.29, 0.717) is 0 Å². The van der Waals surface area contributed by atoms with Crippen molar-refractivity contribution in [1.82, 2.24) is 4.98 Å². The van der Waals surface area contributed by atoms with E-state index in [2.05, 4.69) is 10.3 Å². The number of nitrogens with one attached hydrogen (secondary N) is 1. The Kier molecular flexibility index (Phi) is 3.81. The molecular weight excluding hydrogens is 234 g/mol. The zero-order chi connectivity index (χ0) is 12.3. The monoisotopic (exact) mass is 251 g/mol. The molecule has 0 bridgehead atoms. The Bertz CT molecular complexity index is 497. The Morgan fingerprint density at radius 1 is 1.53 bits per heavy atom. The highest BCUT2D eigenvalue weighted by Gasteiger charge is 2.05. The highest BCUT2D eigenvalue weighted by atomic mass is 32.1. The van der Waals surface area contributed by atoms with Crippen molar-refractivity contribution in [2.45, 2.75) is 20.0 Å². The number of nitrogens with zero attached hydrogens (tertiary/aromatic N) is 1. The van der Waals surface area contributed by atoms with Gasteiger partial charge in [-0.1, -0.05) is 11.3 Å². The molecule has 1 unspecified atom stereocenters. The number of ether oxygens (including phenoxy) is 1. The van der Waals surface area contributed by atoms with Gasteiger partial charge < -0.3 is 15.8 Å². The van der Waals surface area contributed by atoms with Crippen molar-refractivity contribution >= 4 is 32.4 Å². The van der Waals surface area contributed by atoms with Crippen molar-refractivity contribution in [3.05, 3.63) is 18.2 Å². The molecule has 5 heteroatoms. The van der Waals surface area contributed by atoms with Crippen LogP contribution in [0.15, 0.2) is 18.2 Å². The first-order valence-corrected chi connectivity index (χ1v) is 6.52. The summed E-state index contributed by atoms with van der Waals surface area (Å²) in [4.78, 5) is 4.48. The van der Waals surface area contributed by atoms with Crippen molar-refractivity contribution in [3.8, 4) is 0 Å². The van der Waals surface area contributed by atoms with E-state index in [0.717, 1.165) is 34.2 Å². The summed E-state index contributed by atoms with van der Waals surface area (Å²) in [5.41, 5.74) is 7.49. The van der Waals surface area contributed by atoms with Crippen LogP contribution in [0.3, 0.4) is 0 Å². The lowest BCUT2D eigenvalue weighted by Gasteiger charge is -2.11. The van der Waals surface area contributed by atoms with Gasteiger partial charge in [0.1, 0.15) is 0 Å². The van der Waals surface area contributed by atoms with Crippen LogP contribution in [0.2, 0.25) is 0 Å². The van der Waals surface area contributed by atoms with E-state index in [1.54, 1.807) is 11.3 Å². The van der Waals surface area contributed by atoms with Crippen LogP contribution in [0.1, 0.15) is 13.8 Å². The fraction of sp³-hybridized carbons (Fsp3) is 0.417. The highest BCUT2D eigenvalue weighted by Crippen LogP contribution is 2.27. The van der Waals surface area contributed by atoms with E-state index in [1.807, 2.05) is 32.0 Å². The first-order chi connectivity index (χ1) is 8.19. The summed E-state index contributed by atoms with van der Waals surface area (Å²) in [5, 5.41) is 4.19. The number of nitrogens with two attached hydrogens (primary N) is 1. The lowest BCUT2D eigenvalue weighted by molar-refractivity contribution is 0.0855. The van der Waals surface area contributed by atoms with E-state index in [1.165, 1.54) is 0 Å². The first-order valence-electron chi connectivity index (χ1n) is 5.70. The Labute approximate surface area is 105 Å². The maximum atomic E-state index is 5.73. The predicted molar refractivity (Wildman–Crippen MR) is 73.6 cm³/mol. The van der Waals surface area contributed by atoms with Gasteiger partial charge in [0.05, 0.1) is 16.3 Å². The molecule has 1 aromatic carbocycles. The lowest BCUT2D eigenvalue weighted by atomic mass is 10.3. The number of aromatic nitrogens is 1. The number of benzene rings is 1. The summed E-state index contributed by atoms with van der Waals surface area (Å²) in [6, 6.07) is 5.76. The van der Waals surface area contributed by atoms with E-state index < -0.39 is 0 Å². The highest BCUT2D eigenvalue weighted by molar-refractivity contribution is 7.22. The average molecular weight is 251 g/mol. The number of nitrogen functional groups attached to an aromatic ring is 1. The topological polar surface area (TPSA) is 60.2 Å². The second-order valence-corrected chi connectivity index (χ2v) is 4.92. The van der Waals surface area contributed by atoms with Gasteiger partial charge in [-0.05, 0) is 32.0 Å². The molecule has 0 aliphatic rings. The summed E-state index contributed by atoms with van der Waals surface area (Å²) in [6.07, 6.45) is 0.192. The van der Waals surface area contributed by atoms with Crippen molar-refractivity contribution in [3.63, 3.8) is 0 Å². The zero-order valence-corrected chi connectivity index (χ0v) is 10.9. The molecule has 0 saturated carbocycles. The fourth-order valence-electron chi connectivity index (χ4n) is 1.59. The van der Waals surface area contributed by atoms with Crippen LogP contribution in [-0.4, -0.2) is 24.2 Å². The smallest absolute Gasteiger partial charge is 0.183 e. The predicted octanol–water partition coefficient (Wildman–Crippen LogP) is 2.72. The first kappa shape index (κ1) is 12.1. The van der Waals surface area contributed by atoms with Gasteiger partial charge in [0.25, 0.3) is 0 Å². The van der Waals surface area contributed by atoms with Crippen LogP contribution in [0, 0.1) is 0 Å². The minimum atomic E-state index is 0.192. The molecule has 1 aromatic heterocycles. The third kappa shape index (κ3) is 3.08. The summed E-state index contributed by atoms with van der Waals surface area (Å²) in [7, 11) is 0. The second kappa shape index (κ2) is 5.33. The Morgan fingerprint density at radius 3 is 3.12 bits per heavy atom. The maximum Gasteiger partial charge on any atom is 0.183 e. The number of fused-ring (bicyclic) bond motifs is 1. The quantitative estimate of drug-likeness (QED) is 0.802. The van der Waals surface area contributed by atoms with Gasteiger partial charge in [0.15, 0.2) is 5.13 Å². The third-order valence-corrected chi connectivity index (χ3v) is 3.38. The van der Waals surface area contributed by atoms with Gasteiger partial charge >= 0.3 is 0 Å². The molecule has 4 nitrogen and oxygen atoms in total. The molecule has 2 aromatic rings. The molecule has 17 heavy (non-hydrogen) atoms. The van der Waals surface area contributed by atoms with E-state index in [4.69, 9.17) is 10.5 Å². The minimum absolute atomic E-state index is 0.192. The molecule has 92 valence electrons. The molecule has 0 aliphatic heterocycles. The molecule has 0 spiro atoms. The van der Waals surface area contributed by atoms with Crippen LogP contribution in [0.25, 0.3) is 10.2 Å². The number of thiazole rings is 1. The molecule has 0 fully saturated rings. The van der Waals surface area contributed by atoms with Gasteiger partial charge in [-0.2, -0.15) is 0 Å². The van der Waals surface area contributed by atoms with Gasteiger partial charge in [-0.25, -0.2) is 4.98 Å². The molecule has 1 heterocycles. The summed E-state index contributed by atoms with van der Waals surface area (Å²) < 4.78 is 6.56. The van der Waals surface area contributed by atoms with E-state index in [-0.39, 0.29) is 6.10 Å². The van der Waals surface area contributed by atoms with Crippen LogP contribution in [0.4, 0.5) is 10.8 Å². The third-order valence-electron chi connectivity index (χ3n) is 2.40. The Morgan fingerprint density at radius 2 is 2.35 bits per heavy atom. The summed E-state index contributed by atoms with van der Waals surface area (Å²) in [5.74, 6) is 0. The number of hydrogen-bond donors (Lipinski definition) is 2. The van der Waals surface area contributed by atoms with Gasteiger partial charge in [0.2, 0.25) is 0 Å². The molecule has 3 N–H and O–H groups in total. The largest absolute Gasteiger partial charge is 0.399 e. The minimum Gasteiger partial charge on any atom is -0.399 e. The molecule has 0 saturated heterocycles. The molecular formula is C12H17N3OS. The molecule has 0 amide bonds. The van der Waals surface area contributed by atoms with Crippen LogP contribution in [0.5, 0.6) is 0 Å². The molecule has 2 rings (SSSR count). The Balaban J connectivity index is 2.04. The van der Waals surface area contributed by atoms with Gasteiger partial charge in [0, 0.05) is 18.8 Å². The fourth-order valence-corrected chi connectivity index (χ4v) is 2.51. The van der Waals surface area contributed by atoms with Crippen molar-refractivity contribution in [2.24, 2.45) is 0 Å². The molecule has 1 atom stereocenters. The second-order valence-electron chi connectivity index (χ2n) is 3.89. The standard InChI is InChI=1S/C12H17N3OS/c1-3-16-8(2)7-14-12-15-10-5-4-9(13)6-11(10)17-12/h4-6,8H,3,7,13H2,1-2H3,(H,14,15). The number of hydrogen-bond acceptors (Lipinski definition) is 5. The van der Waals surface area contributed by atoms with E-state index >= 15 is 0 Å². The lowest BCUT2D eigenvalue weighted by Crippen LogP contribution is -2.19. The Hall–Kier alpha value is -1.33. The van der Waals surface area contributed by atoms with Crippen molar-refractivity contribution in [1.29, 1.82) is 0 Å². The van der Waals surface area contributed by atoms with Crippen molar-refractivity contribution < 1.29 is 4.74 Å². The van der Waals surface area contributed by atoms with E-state index in [9.17, 15) is 0 Å². The van der Waals surface area contributed by atoms with Crippen molar-refractivity contribution in [2.75, 3.05) is 24.2 Å². The van der Waals surface area contributed by atoms with Gasteiger partial charge in [-0.15, -0.1) is 0 Å². The summed E-state index contributed by atoms with van der Waals surface area (Å²) >= 11 is 1.61. The number of anilines is 2. The number of rotatable bonds is 5. The zero-order valence-electron chi connectivity index (χ0n) is 10.1. The maximum absolute atomic E-state index is 5.73. The van der Waals surface area contributed by atoms with Gasteiger partial charge in [-0.3, -0.25) is 0 Å². The average Bonchev–Trinajstić information content (AvgIpc) is 2.68. The SMILES string of the molecule is CCOC(C)CNc1nc2ccc(N)cc2s1. The molecule has 0 aliphatic carbocycles. The molecule has 0 radical (unpaired) electrons. The van der Waals surface area contributed by atoms with Crippen LogP contribution < -0.4 is 11.1 Å². The normalized spacial score (nSPS) is 12.8. The summed E-state index contributed by atoms with van der Waals surface area (Å²) in [6.45, 7) is 5.54. The van der Waals surface area contributed by atoms with Crippen LogP contribution >= 0.6 is 11.3 Å². The van der Waals surface area contributed by atoms with Crippen LogP contribution in [-0.2, 0) is 4.74 Å².